The van der Waals surface area contributed by atoms with Crippen molar-refractivity contribution in [3.05, 3.63) is 11.4 Å². The molecule has 0 aromatic heterocycles. The van der Waals surface area contributed by atoms with E-state index in [9.17, 15) is 0 Å². The maximum absolute atomic E-state index is 5.77. The third kappa shape index (κ3) is 0.889. The fourth-order valence-electron chi connectivity index (χ4n) is 1.05. The van der Waals surface area contributed by atoms with E-state index in [1.54, 1.807) is 0 Å². The lowest BCUT2D eigenvalue weighted by atomic mass is 9.92. The van der Waals surface area contributed by atoms with Gasteiger partial charge in [-0.15, -0.1) is 0 Å². The summed E-state index contributed by atoms with van der Waals surface area (Å²) >= 11 is 0. The molecule has 0 saturated heterocycles. The molecule has 0 amide bonds. The minimum Gasteiger partial charge on any atom is -0.400 e. The minimum atomic E-state index is 0.171. The smallest absolute Gasteiger partial charge is 0.0345 e. The van der Waals surface area contributed by atoms with E-state index in [1.807, 2.05) is 6.92 Å². The third-order valence-electron chi connectivity index (χ3n) is 1.93. The number of rotatable bonds is 0. The second kappa shape index (κ2) is 1.66. The zero-order valence-electron chi connectivity index (χ0n) is 6.28. The van der Waals surface area contributed by atoms with Crippen LogP contribution in [0.25, 0.3) is 0 Å². The largest absolute Gasteiger partial charge is 0.400 e. The lowest BCUT2D eigenvalue weighted by Gasteiger charge is -2.16. The van der Waals surface area contributed by atoms with Crippen molar-refractivity contribution in [1.82, 2.24) is 5.32 Å². The van der Waals surface area contributed by atoms with Crippen LogP contribution in [0.4, 0.5) is 0 Å². The Morgan fingerprint density at radius 3 is 2.22 bits per heavy atom. The quantitative estimate of drug-likeness (QED) is 0.504. The van der Waals surface area contributed by atoms with Crippen molar-refractivity contribution in [3.63, 3.8) is 0 Å². The van der Waals surface area contributed by atoms with Gasteiger partial charge in [0.15, 0.2) is 0 Å². The maximum Gasteiger partial charge on any atom is 0.0345 e. The highest BCUT2D eigenvalue weighted by molar-refractivity contribution is 5.21. The Hall–Kier alpha value is -0.660. The first-order valence-electron chi connectivity index (χ1n) is 3.25. The van der Waals surface area contributed by atoms with Gasteiger partial charge in [0.05, 0.1) is 0 Å². The van der Waals surface area contributed by atoms with E-state index in [1.165, 1.54) is 0 Å². The van der Waals surface area contributed by atoms with Crippen LogP contribution in [0.2, 0.25) is 0 Å². The molecular weight excluding hydrogens is 112 g/mol. The van der Waals surface area contributed by atoms with Crippen molar-refractivity contribution in [2.75, 3.05) is 6.54 Å². The van der Waals surface area contributed by atoms with E-state index in [2.05, 4.69) is 19.2 Å². The van der Waals surface area contributed by atoms with E-state index in [0.29, 0.717) is 0 Å². The summed E-state index contributed by atoms with van der Waals surface area (Å²) in [5.41, 5.74) is 8.09. The molecule has 0 bridgehead atoms. The third-order valence-corrected chi connectivity index (χ3v) is 1.93. The summed E-state index contributed by atoms with van der Waals surface area (Å²) in [6.07, 6.45) is 0. The van der Waals surface area contributed by atoms with Crippen molar-refractivity contribution >= 4 is 0 Å². The van der Waals surface area contributed by atoms with Gasteiger partial charge in [0.25, 0.3) is 0 Å². The van der Waals surface area contributed by atoms with Gasteiger partial charge in [-0.3, -0.25) is 0 Å². The number of nitrogens with one attached hydrogen (secondary N) is 1. The SMILES string of the molecule is CC1=C(N)C(C)(C)CN1. The van der Waals surface area contributed by atoms with Gasteiger partial charge in [0.2, 0.25) is 0 Å². The molecule has 0 atom stereocenters. The molecule has 1 aliphatic heterocycles. The molecule has 0 aromatic carbocycles. The minimum absolute atomic E-state index is 0.171. The summed E-state index contributed by atoms with van der Waals surface area (Å²) in [7, 11) is 0. The molecule has 0 radical (unpaired) electrons. The van der Waals surface area contributed by atoms with E-state index in [4.69, 9.17) is 5.73 Å². The monoisotopic (exact) mass is 126 g/mol. The van der Waals surface area contributed by atoms with Gasteiger partial charge in [0, 0.05) is 23.4 Å². The second-order valence-corrected chi connectivity index (χ2v) is 3.28. The van der Waals surface area contributed by atoms with Crippen molar-refractivity contribution in [2.24, 2.45) is 11.1 Å². The molecular formula is C7H14N2. The number of allylic oxidation sites excluding steroid dienone is 1. The maximum atomic E-state index is 5.77. The Morgan fingerprint density at radius 1 is 1.56 bits per heavy atom. The van der Waals surface area contributed by atoms with E-state index < -0.39 is 0 Å². The van der Waals surface area contributed by atoms with Gasteiger partial charge in [0.1, 0.15) is 0 Å². The van der Waals surface area contributed by atoms with Crippen LogP contribution in [0.1, 0.15) is 20.8 Å². The van der Waals surface area contributed by atoms with E-state index >= 15 is 0 Å². The van der Waals surface area contributed by atoms with Gasteiger partial charge in [-0.2, -0.15) is 0 Å². The van der Waals surface area contributed by atoms with E-state index in [-0.39, 0.29) is 5.41 Å². The number of hydrogen-bond donors (Lipinski definition) is 2. The van der Waals surface area contributed by atoms with Crippen LogP contribution in [0, 0.1) is 5.41 Å². The first-order chi connectivity index (χ1) is 4.04. The standard InChI is InChI=1S/C7H14N2/c1-5-6(8)7(2,3)4-9-5/h9H,4,8H2,1-3H3. The zero-order chi connectivity index (χ0) is 7.07. The average molecular weight is 126 g/mol. The Morgan fingerprint density at radius 2 is 2.11 bits per heavy atom. The molecule has 52 valence electrons. The van der Waals surface area contributed by atoms with Crippen LogP contribution in [-0.2, 0) is 0 Å². The van der Waals surface area contributed by atoms with Crippen molar-refractivity contribution in [1.29, 1.82) is 0 Å². The summed E-state index contributed by atoms with van der Waals surface area (Å²) in [6, 6.07) is 0. The molecule has 0 fully saturated rings. The molecule has 0 aromatic rings. The van der Waals surface area contributed by atoms with Gasteiger partial charge in [-0.1, -0.05) is 13.8 Å². The lowest BCUT2D eigenvalue weighted by molar-refractivity contribution is 0.464. The topological polar surface area (TPSA) is 38.0 Å². The van der Waals surface area contributed by atoms with Gasteiger partial charge in [-0.25, -0.2) is 0 Å². The molecule has 9 heavy (non-hydrogen) atoms. The molecule has 1 heterocycles. The van der Waals surface area contributed by atoms with Crippen molar-refractivity contribution in [2.45, 2.75) is 20.8 Å². The summed E-state index contributed by atoms with van der Waals surface area (Å²) in [6.45, 7) is 7.28. The summed E-state index contributed by atoms with van der Waals surface area (Å²) in [5, 5.41) is 3.21. The van der Waals surface area contributed by atoms with Crippen molar-refractivity contribution in [3.8, 4) is 0 Å². The molecule has 2 nitrogen and oxygen atoms in total. The Kier molecular flexibility index (Phi) is 1.19. The van der Waals surface area contributed by atoms with Crippen LogP contribution in [0.3, 0.4) is 0 Å². The number of nitrogens with two attached hydrogens (primary N) is 1. The Balaban J connectivity index is 2.88. The normalized spacial score (nSPS) is 24.3. The molecule has 0 unspecified atom stereocenters. The van der Waals surface area contributed by atoms with Crippen LogP contribution in [-0.4, -0.2) is 6.54 Å². The van der Waals surface area contributed by atoms with Gasteiger partial charge in [-0.05, 0) is 6.92 Å². The average Bonchev–Trinajstić information content (AvgIpc) is 1.97. The first kappa shape index (κ1) is 6.46. The van der Waals surface area contributed by atoms with Crippen molar-refractivity contribution < 1.29 is 0 Å². The predicted molar refractivity (Wildman–Crippen MR) is 38.7 cm³/mol. The van der Waals surface area contributed by atoms with Crippen LogP contribution in [0.5, 0.6) is 0 Å². The molecule has 1 rings (SSSR count). The molecule has 2 heteroatoms. The highest BCUT2D eigenvalue weighted by atomic mass is 15.0. The molecule has 0 saturated carbocycles. The summed E-state index contributed by atoms with van der Waals surface area (Å²) in [4.78, 5) is 0. The predicted octanol–water partition coefficient (Wildman–Crippen LogP) is 0.806. The fraction of sp³-hybridized carbons (Fsp3) is 0.714. The van der Waals surface area contributed by atoms with Gasteiger partial charge >= 0.3 is 0 Å². The molecule has 0 aliphatic carbocycles. The lowest BCUT2D eigenvalue weighted by Crippen LogP contribution is -2.22. The highest BCUT2D eigenvalue weighted by Crippen LogP contribution is 2.27. The molecule has 1 aliphatic rings. The Bertz CT molecular complexity index is 156. The number of hydrogen-bond acceptors (Lipinski definition) is 2. The fourth-order valence-corrected chi connectivity index (χ4v) is 1.05. The second-order valence-electron chi connectivity index (χ2n) is 3.28. The highest BCUT2D eigenvalue weighted by Gasteiger charge is 2.27. The molecule has 3 N–H and O–H groups in total. The van der Waals surface area contributed by atoms with E-state index in [0.717, 1.165) is 17.9 Å². The summed E-state index contributed by atoms with van der Waals surface area (Å²) < 4.78 is 0. The van der Waals surface area contributed by atoms with Gasteiger partial charge < -0.3 is 11.1 Å². The molecule has 0 spiro atoms. The van der Waals surface area contributed by atoms with Crippen LogP contribution in [0.15, 0.2) is 11.4 Å². The van der Waals surface area contributed by atoms with Crippen LogP contribution >= 0.6 is 0 Å². The first-order valence-corrected chi connectivity index (χ1v) is 3.25. The van der Waals surface area contributed by atoms with Crippen LogP contribution < -0.4 is 11.1 Å². The summed E-state index contributed by atoms with van der Waals surface area (Å²) in [5.74, 6) is 0. The zero-order valence-corrected chi connectivity index (χ0v) is 6.28. The Labute approximate surface area is 56.1 Å².